The minimum absolute atomic E-state index is 0. The Morgan fingerprint density at radius 2 is 1.43 bits per heavy atom. The van der Waals surface area contributed by atoms with Crippen molar-refractivity contribution in [1.29, 1.82) is 0 Å². The molecule has 1 rings (SSSR count). The Balaban J connectivity index is 0. The Labute approximate surface area is 60.9 Å². The molecule has 0 aromatic rings. The second kappa shape index (κ2) is 6.70. The summed E-state index contributed by atoms with van der Waals surface area (Å²) < 4.78 is 4.94. The fourth-order valence-electron chi connectivity index (χ4n) is 0.510. The van der Waals surface area contributed by atoms with Crippen LogP contribution in [0.4, 0.5) is 0 Å². The second-order valence-corrected chi connectivity index (χ2v) is 1.32. The summed E-state index contributed by atoms with van der Waals surface area (Å²) in [6.07, 6.45) is 2.56. The monoisotopic (exact) mass is 191 g/mol. The maximum Gasteiger partial charge on any atom is 0.0466 e. The molecule has 1 nitrogen and oxygen atoms in total. The van der Waals surface area contributed by atoms with Gasteiger partial charge in [0.15, 0.2) is 0 Å². The second-order valence-electron chi connectivity index (χ2n) is 1.32. The summed E-state index contributed by atoms with van der Waals surface area (Å²) in [6.45, 7) is 2.00. The molecule has 0 bridgehead atoms. The zero-order valence-electron chi connectivity index (χ0n) is 4.04. The number of ether oxygens (including phenoxy) is 1. The summed E-state index contributed by atoms with van der Waals surface area (Å²) in [7, 11) is 0. The maximum absolute atomic E-state index is 4.94. The molecule has 1 heterocycles. The molecule has 1 fully saturated rings. The molecule has 0 saturated carbocycles. The third kappa shape index (κ3) is 4.56. The van der Waals surface area contributed by atoms with Gasteiger partial charge in [0.2, 0.25) is 0 Å². The summed E-state index contributed by atoms with van der Waals surface area (Å²) in [5, 5.41) is 0. The van der Waals surface area contributed by atoms with E-state index in [1.54, 1.807) is 0 Å². The summed E-state index contributed by atoms with van der Waals surface area (Å²) in [6, 6.07) is 0. The van der Waals surface area contributed by atoms with Crippen LogP contribution in [0.1, 0.15) is 12.8 Å². The van der Waals surface area contributed by atoms with Crippen molar-refractivity contribution in [3.8, 4) is 0 Å². The van der Waals surface area contributed by atoms with E-state index in [0.29, 0.717) is 0 Å². The molecule has 7 heavy (non-hydrogen) atoms. The number of rotatable bonds is 0. The van der Waals surface area contributed by atoms with Crippen LogP contribution < -0.4 is 0 Å². The maximum atomic E-state index is 4.94. The molecule has 0 aromatic carbocycles. The van der Waals surface area contributed by atoms with Crippen LogP contribution in [0.2, 0.25) is 0 Å². The molecule has 5 radical (unpaired) electrons. The van der Waals surface area contributed by atoms with Gasteiger partial charge in [-0.1, -0.05) is 0 Å². The van der Waals surface area contributed by atoms with Crippen LogP contribution in [0, 0.1) is 7.43 Å². The molecule has 45 valence electrons. The van der Waals surface area contributed by atoms with Crippen LogP contribution in [0.3, 0.4) is 0 Å². The SMILES string of the molecule is C1CCOC1.[Ag].[C]. The van der Waals surface area contributed by atoms with E-state index in [-0.39, 0.29) is 29.8 Å². The van der Waals surface area contributed by atoms with Crippen molar-refractivity contribution in [3.05, 3.63) is 7.43 Å². The first kappa shape index (κ1) is 10.6. The zero-order valence-corrected chi connectivity index (χ0v) is 5.52. The van der Waals surface area contributed by atoms with E-state index in [1.807, 2.05) is 0 Å². The minimum atomic E-state index is 0. The topological polar surface area (TPSA) is 9.23 Å². The smallest absolute Gasteiger partial charge is 0.0466 e. The van der Waals surface area contributed by atoms with Gasteiger partial charge in [-0.2, -0.15) is 0 Å². The Kier molecular flexibility index (Phi) is 10.2. The van der Waals surface area contributed by atoms with E-state index in [0.717, 1.165) is 13.2 Å². The Hall–Kier alpha value is 0.700. The van der Waals surface area contributed by atoms with Gasteiger partial charge in [-0.3, -0.25) is 0 Å². The van der Waals surface area contributed by atoms with Gasteiger partial charge >= 0.3 is 0 Å². The quantitative estimate of drug-likeness (QED) is 0.517. The molecule has 0 amide bonds. The number of hydrogen-bond acceptors (Lipinski definition) is 1. The van der Waals surface area contributed by atoms with Crippen LogP contribution in [0.15, 0.2) is 0 Å². The van der Waals surface area contributed by atoms with E-state index in [2.05, 4.69) is 0 Å². The predicted octanol–water partition coefficient (Wildman–Crippen LogP) is 0.876. The molecular formula is C5H8AgO. The van der Waals surface area contributed by atoms with Gasteiger partial charge in [0, 0.05) is 43.0 Å². The standard InChI is InChI=1S/C4H8O.C.Ag/c1-2-4-5-3-1;;/h1-4H2;;. The van der Waals surface area contributed by atoms with Crippen molar-refractivity contribution < 1.29 is 27.1 Å². The van der Waals surface area contributed by atoms with Gasteiger partial charge in [-0.15, -0.1) is 0 Å². The van der Waals surface area contributed by atoms with E-state index >= 15 is 0 Å². The predicted molar refractivity (Wildman–Crippen MR) is 23.3 cm³/mol. The molecule has 0 atom stereocenters. The van der Waals surface area contributed by atoms with Crippen molar-refractivity contribution in [2.45, 2.75) is 12.8 Å². The molecule has 0 spiro atoms. The van der Waals surface area contributed by atoms with Crippen molar-refractivity contribution in [2.24, 2.45) is 0 Å². The molecule has 1 aliphatic heterocycles. The first-order valence-electron chi connectivity index (χ1n) is 2.08. The fraction of sp³-hybridized carbons (Fsp3) is 0.800. The minimum Gasteiger partial charge on any atom is -0.381 e. The van der Waals surface area contributed by atoms with Gasteiger partial charge < -0.3 is 4.74 Å². The average molecular weight is 192 g/mol. The number of hydrogen-bond donors (Lipinski definition) is 0. The third-order valence-electron chi connectivity index (χ3n) is 0.827. The van der Waals surface area contributed by atoms with E-state index < -0.39 is 0 Å². The molecule has 0 aromatic heterocycles. The van der Waals surface area contributed by atoms with Gasteiger partial charge in [-0.05, 0) is 12.8 Å². The zero-order chi connectivity index (χ0) is 3.54. The van der Waals surface area contributed by atoms with Gasteiger partial charge in [-0.25, -0.2) is 0 Å². The van der Waals surface area contributed by atoms with E-state index in [9.17, 15) is 0 Å². The summed E-state index contributed by atoms with van der Waals surface area (Å²) in [5.41, 5.74) is 0. The molecular weight excluding hydrogens is 184 g/mol. The molecule has 1 saturated heterocycles. The molecule has 0 unspecified atom stereocenters. The Morgan fingerprint density at radius 1 is 1.00 bits per heavy atom. The van der Waals surface area contributed by atoms with Crippen molar-refractivity contribution >= 4 is 0 Å². The van der Waals surface area contributed by atoms with Gasteiger partial charge in [0.1, 0.15) is 0 Å². The molecule has 0 N–H and O–H groups in total. The fourth-order valence-corrected chi connectivity index (χ4v) is 0.510. The van der Waals surface area contributed by atoms with Crippen LogP contribution in [0.5, 0.6) is 0 Å². The Morgan fingerprint density at radius 3 is 1.57 bits per heavy atom. The molecule has 2 heteroatoms. The van der Waals surface area contributed by atoms with Gasteiger partial charge in [0.05, 0.1) is 0 Å². The summed E-state index contributed by atoms with van der Waals surface area (Å²) in [5.74, 6) is 0. The van der Waals surface area contributed by atoms with E-state index in [4.69, 9.17) is 4.74 Å². The normalized spacial score (nSPS) is 17.1. The van der Waals surface area contributed by atoms with E-state index in [1.165, 1.54) is 12.8 Å². The van der Waals surface area contributed by atoms with Crippen LogP contribution in [0.25, 0.3) is 0 Å². The largest absolute Gasteiger partial charge is 0.381 e. The van der Waals surface area contributed by atoms with Crippen molar-refractivity contribution in [1.82, 2.24) is 0 Å². The molecule has 0 aliphatic carbocycles. The third-order valence-corrected chi connectivity index (χ3v) is 0.827. The molecule has 1 aliphatic rings. The summed E-state index contributed by atoms with van der Waals surface area (Å²) >= 11 is 0. The first-order chi connectivity index (χ1) is 2.50. The Bertz CT molecular complexity index is 19.7. The summed E-state index contributed by atoms with van der Waals surface area (Å²) in [4.78, 5) is 0. The van der Waals surface area contributed by atoms with Crippen LogP contribution in [-0.2, 0) is 27.1 Å². The van der Waals surface area contributed by atoms with Gasteiger partial charge in [0.25, 0.3) is 0 Å². The van der Waals surface area contributed by atoms with Crippen molar-refractivity contribution in [2.75, 3.05) is 13.2 Å². The van der Waals surface area contributed by atoms with Crippen LogP contribution in [-0.4, -0.2) is 13.2 Å². The van der Waals surface area contributed by atoms with Crippen molar-refractivity contribution in [3.63, 3.8) is 0 Å². The first-order valence-corrected chi connectivity index (χ1v) is 2.08. The average Bonchev–Trinajstić information content (AvgIpc) is 1.76. The van der Waals surface area contributed by atoms with Crippen LogP contribution >= 0.6 is 0 Å².